The largest absolute Gasteiger partial charge is 0.433 e. The van der Waals surface area contributed by atoms with Crippen LogP contribution in [0.2, 0.25) is 0 Å². The van der Waals surface area contributed by atoms with Crippen molar-refractivity contribution in [1.82, 2.24) is 19.7 Å². The highest BCUT2D eigenvalue weighted by Gasteiger charge is 2.33. The molecule has 2 aromatic heterocycles. The standard InChI is InChI=1S/C21H22F3N5O2/c1-12-7-13(14-10-26-29(11-14)16-3-2-4-17(30)19(16)31)9-15(8-12)27-20-25-6-5-18(28-20)21(22,23)24/h5-11,16-17,19,30-31H,2-4H2,1H3,(H,25,27,28)/t16?,17-,19+/m0/s1. The highest BCUT2D eigenvalue weighted by Crippen LogP contribution is 2.32. The van der Waals surface area contributed by atoms with Gasteiger partial charge in [-0.25, -0.2) is 9.97 Å². The van der Waals surface area contributed by atoms with Crippen LogP contribution in [0.3, 0.4) is 0 Å². The van der Waals surface area contributed by atoms with Crippen LogP contribution in [0.4, 0.5) is 24.8 Å². The first-order chi connectivity index (χ1) is 14.7. The maximum absolute atomic E-state index is 12.9. The van der Waals surface area contributed by atoms with Crippen LogP contribution < -0.4 is 5.32 Å². The normalized spacial score (nSPS) is 21.8. The predicted molar refractivity (Wildman–Crippen MR) is 108 cm³/mol. The fraction of sp³-hybridized carbons (Fsp3) is 0.381. The molecule has 0 spiro atoms. The Labute approximate surface area is 176 Å². The molecule has 1 saturated carbocycles. The number of halogens is 3. The van der Waals surface area contributed by atoms with Crippen molar-refractivity contribution in [2.24, 2.45) is 0 Å². The van der Waals surface area contributed by atoms with Gasteiger partial charge in [-0.1, -0.05) is 6.07 Å². The van der Waals surface area contributed by atoms with E-state index in [0.717, 1.165) is 35.4 Å². The van der Waals surface area contributed by atoms with Crippen LogP contribution >= 0.6 is 0 Å². The first-order valence-electron chi connectivity index (χ1n) is 9.90. The van der Waals surface area contributed by atoms with Gasteiger partial charge in [-0.3, -0.25) is 4.68 Å². The van der Waals surface area contributed by atoms with Crippen molar-refractivity contribution in [3.05, 3.63) is 54.1 Å². The fourth-order valence-corrected chi connectivity index (χ4v) is 3.82. The Morgan fingerprint density at radius 1 is 1.13 bits per heavy atom. The second kappa shape index (κ2) is 8.27. The minimum absolute atomic E-state index is 0.151. The van der Waals surface area contributed by atoms with Crippen LogP contribution in [0.1, 0.15) is 36.6 Å². The van der Waals surface area contributed by atoms with Crippen molar-refractivity contribution < 1.29 is 23.4 Å². The lowest BCUT2D eigenvalue weighted by molar-refractivity contribution is -0.141. The minimum atomic E-state index is -4.55. The second-order valence-corrected chi connectivity index (χ2v) is 7.74. The number of hydrogen-bond acceptors (Lipinski definition) is 6. The zero-order valence-electron chi connectivity index (χ0n) is 16.7. The lowest BCUT2D eigenvalue weighted by Gasteiger charge is -2.31. The maximum Gasteiger partial charge on any atom is 0.433 e. The van der Waals surface area contributed by atoms with E-state index < -0.39 is 24.1 Å². The quantitative estimate of drug-likeness (QED) is 0.578. The minimum Gasteiger partial charge on any atom is -0.390 e. The summed E-state index contributed by atoms with van der Waals surface area (Å²) in [6.45, 7) is 1.87. The zero-order valence-corrected chi connectivity index (χ0v) is 16.7. The first-order valence-corrected chi connectivity index (χ1v) is 9.90. The van der Waals surface area contributed by atoms with E-state index in [2.05, 4.69) is 20.4 Å². The number of hydrogen-bond donors (Lipinski definition) is 3. The smallest absolute Gasteiger partial charge is 0.390 e. The molecule has 1 aromatic carbocycles. The summed E-state index contributed by atoms with van der Waals surface area (Å²) in [7, 11) is 0. The van der Waals surface area contributed by atoms with E-state index in [0.29, 0.717) is 18.5 Å². The average molecular weight is 433 g/mol. The fourth-order valence-electron chi connectivity index (χ4n) is 3.82. The number of aliphatic hydroxyl groups excluding tert-OH is 2. The number of aryl methyl sites for hydroxylation is 1. The van der Waals surface area contributed by atoms with E-state index in [4.69, 9.17) is 0 Å². The molecule has 0 amide bonds. The van der Waals surface area contributed by atoms with E-state index >= 15 is 0 Å². The number of benzene rings is 1. The molecule has 2 heterocycles. The lowest BCUT2D eigenvalue weighted by Crippen LogP contribution is -2.38. The van der Waals surface area contributed by atoms with Gasteiger partial charge in [0.25, 0.3) is 0 Å². The predicted octanol–water partition coefficient (Wildman–Crippen LogP) is 3.86. The van der Waals surface area contributed by atoms with E-state index in [1.165, 1.54) is 0 Å². The molecule has 3 N–H and O–H groups in total. The number of nitrogens with zero attached hydrogens (tertiary/aromatic N) is 4. The Bertz CT molecular complexity index is 1070. The third-order valence-electron chi connectivity index (χ3n) is 5.34. The summed E-state index contributed by atoms with van der Waals surface area (Å²) in [5.41, 5.74) is 1.98. The Balaban J connectivity index is 1.59. The molecule has 1 aliphatic rings. The summed E-state index contributed by atoms with van der Waals surface area (Å²) in [6, 6.07) is 5.98. The summed E-state index contributed by atoms with van der Waals surface area (Å²) in [5.74, 6) is -0.151. The van der Waals surface area contributed by atoms with E-state index in [-0.39, 0.29) is 12.0 Å². The van der Waals surface area contributed by atoms with Gasteiger partial charge in [0, 0.05) is 23.6 Å². The molecule has 1 aliphatic carbocycles. The Hall–Kier alpha value is -2.98. The van der Waals surface area contributed by atoms with Gasteiger partial charge >= 0.3 is 6.18 Å². The van der Waals surface area contributed by atoms with Crippen molar-refractivity contribution in [1.29, 1.82) is 0 Å². The number of nitrogens with one attached hydrogen (secondary N) is 1. The number of rotatable bonds is 4. The van der Waals surface area contributed by atoms with Crippen molar-refractivity contribution in [3.63, 3.8) is 0 Å². The summed E-state index contributed by atoms with van der Waals surface area (Å²) in [5, 5.41) is 27.4. The van der Waals surface area contributed by atoms with Gasteiger partial charge in [0.2, 0.25) is 5.95 Å². The number of anilines is 2. The molecular formula is C21H22F3N5O2. The molecule has 4 rings (SSSR count). The topological polar surface area (TPSA) is 96.1 Å². The molecular weight excluding hydrogens is 411 g/mol. The van der Waals surface area contributed by atoms with Crippen molar-refractivity contribution in [2.75, 3.05) is 5.32 Å². The van der Waals surface area contributed by atoms with Crippen LogP contribution in [0.25, 0.3) is 11.1 Å². The average Bonchev–Trinajstić information content (AvgIpc) is 3.19. The Kier molecular flexibility index (Phi) is 5.67. The SMILES string of the molecule is Cc1cc(Nc2nccc(C(F)(F)F)n2)cc(-c2cnn(C3CCC[C@H](O)[C@@H]3O)c2)c1. The van der Waals surface area contributed by atoms with Crippen LogP contribution in [0.5, 0.6) is 0 Å². The molecule has 164 valence electrons. The van der Waals surface area contributed by atoms with Crippen LogP contribution in [-0.4, -0.2) is 42.2 Å². The molecule has 1 fully saturated rings. The summed E-state index contributed by atoms with van der Waals surface area (Å²) in [4.78, 5) is 7.41. The molecule has 0 aliphatic heterocycles. The molecule has 31 heavy (non-hydrogen) atoms. The molecule has 0 saturated heterocycles. The molecule has 10 heteroatoms. The number of aliphatic hydroxyl groups is 2. The second-order valence-electron chi connectivity index (χ2n) is 7.74. The molecule has 3 atom stereocenters. The van der Waals surface area contributed by atoms with Gasteiger partial charge in [-0.2, -0.15) is 18.3 Å². The van der Waals surface area contributed by atoms with E-state index in [1.54, 1.807) is 29.2 Å². The van der Waals surface area contributed by atoms with Gasteiger partial charge in [0.15, 0.2) is 0 Å². The summed E-state index contributed by atoms with van der Waals surface area (Å²) >= 11 is 0. The number of aromatic nitrogens is 4. The van der Waals surface area contributed by atoms with Gasteiger partial charge in [-0.05, 0) is 55.5 Å². The zero-order chi connectivity index (χ0) is 22.2. The highest BCUT2D eigenvalue weighted by atomic mass is 19.4. The van der Waals surface area contributed by atoms with Crippen molar-refractivity contribution in [3.8, 4) is 11.1 Å². The van der Waals surface area contributed by atoms with Crippen LogP contribution in [0.15, 0.2) is 42.9 Å². The van der Waals surface area contributed by atoms with Crippen molar-refractivity contribution >= 4 is 11.6 Å². The van der Waals surface area contributed by atoms with Gasteiger partial charge < -0.3 is 15.5 Å². The summed E-state index contributed by atoms with van der Waals surface area (Å²) in [6.07, 6.45) is 0.392. The maximum atomic E-state index is 12.9. The van der Waals surface area contributed by atoms with E-state index in [1.807, 2.05) is 13.0 Å². The Morgan fingerprint density at radius 3 is 2.71 bits per heavy atom. The summed E-state index contributed by atoms with van der Waals surface area (Å²) < 4.78 is 40.4. The molecule has 1 unspecified atom stereocenters. The van der Waals surface area contributed by atoms with Crippen LogP contribution in [0, 0.1) is 6.92 Å². The lowest BCUT2D eigenvalue weighted by atomic mass is 9.90. The van der Waals surface area contributed by atoms with E-state index in [9.17, 15) is 23.4 Å². The molecule has 7 nitrogen and oxygen atoms in total. The van der Waals surface area contributed by atoms with Crippen LogP contribution in [-0.2, 0) is 6.18 Å². The third kappa shape index (κ3) is 4.70. The van der Waals surface area contributed by atoms with Gasteiger partial charge in [0.05, 0.1) is 18.3 Å². The van der Waals surface area contributed by atoms with Crippen molar-refractivity contribution in [2.45, 2.75) is 50.6 Å². The molecule has 0 radical (unpaired) electrons. The molecule has 0 bridgehead atoms. The molecule has 3 aromatic rings. The third-order valence-corrected chi connectivity index (χ3v) is 5.34. The monoisotopic (exact) mass is 433 g/mol. The highest BCUT2D eigenvalue weighted by molar-refractivity contribution is 5.70. The number of alkyl halides is 3. The van der Waals surface area contributed by atoms with Gasteiger partial charge in [-0.15, -0.1) is 0 Å². The Morgan fingerprint density at radius 2 is 1.94 bits per heavy atom. The van der Waals surface area contributed by atoms with Gasteiger partial charge in [0.1, 0.15) is 11.8 Å². The first kappa shape index (κ1) is 21.3.